The number of ether oxygens (including phenoxy) is 1. The van der Waals surface area contributed by atoms with Crippen LogP contribution >= 0.6 is 0 Å². The van der Waals surface area contributed by atoms with Gasteiger partial charge in [-0.15, -0.1) is 0 Å². The summed E-state index contributed by atoms with van der Waals surface area (Å²) >= 11 is 0. The Balaban J connectivity index is 1.89. The summed E-state index contributed by atoms with van der Waals surface area (Å²) in [5.74, 6) is 0.440. The molecule has 0 saturated heterocycles. The molecule has 2 aromatic carbocycles. The molecule has 2 rings (SSSR count). The van der Waals surface area contributed by atoms with Crippen LogP contribution in [0.1, 0.15) is 50.7 Å². The van der Waals surface area contributed by atoms with Crippen LogP contribution in [0.25, 0.3) is 0 Å². The SMILES string of the molecule is CCC(CC(C)(C)C(=O)OCCc1ccc(O)cc1)c1ccccc1. The average Bonchev–Trinajstić information content (AvgIpc) is 2.62. The number of esters is 1. The van der Waals surface area contributed by atoms with E-state index in [-0.39, 0.29) is 11.7 Å². The van der Waals surface area contributed by atoms with E-state index in [2.05, 4.69) is 19.1 Å². The van der Waals surface area contributed by atoms with Gasteiger partial charge in [-0.05, 0) is 55.9 Å². The smallest absolute Gasteiger partial charge is 0.311 e. The van der Waals surface area contributed by atoms with E-state index in [1.54, 1.807) is 12.1 Å². The molecule has 0 radical (unpaired) electrons. The Bertz CT molecular complexity index is 659. The quantitative estimate of drug-likeness (QED) is 0.681. The third-order valence-corrected chi connectivity index (χ3v) is 4.63. The van der Waals surface area contributed by atoms with Crippen molar-refractivity contribution in [3.05, 3.63) is 65.7 Å². The summed E-state index contributed by atoms with van der Waals surface area (Å²) in [6.07, 6.45) is 2.41. The highest BCUT2D eigenvalue weighted by Gasteiger charge is 2.32. The molecular weight excluding hydrogens is 312 g/mol. The molecule has 0 bridgehead atoms. The Morgan fingerprint density at radius 1 is 1.08 bits per heavy atom. The van der Waals surface area contributed by atoms with Crippen LogP contribution in [0.4, 0.5) is 0 Å². The zero-order valence-corrected chi connectivity index (χ0v) is 15.4. The van der Waals surface area contributed by atoms with Gasteiger partial charge in [-0.2, -0.15) is 0 Å². The highest BCUT2D eigenvalue weighted by Crippen LogP contribution is 2.34. The highest BCUT2D eigenvalue weighted by molar-refractivity contribution is 5.76. The molecule has 0 fully saturated rings. The molecule has 134 valence electrons. The molecule has 1 atom stereocenters. The van der Waals surface area contributed by atoms with Crippen molar-refractivity contribution in [1.29, 1.82) is 0 Å². The second-order valence-corrected chi connectivity index (χ2v) is 7.16. The number of aromatic hydroxyl groups is 1. The van der Waals surface area contributed by atoms with E-state index in [1.807, 2.05) is 44.2 Å². The number of phenols is 1. The van der Waals surface area contributed by atoms with Gasteiger partial charge in [0, 0.05) is 6.42 Å². The highest BCUT2D eigenvalue weighted by atomic mass is 16.5. The minimum atomic E-state index is -0.522. The van der Waals surface area contributed by atoms with Crippen molar-refractivity contribution in [2.45, 2.75) is 46.0 Å². The lowest BCUT2D eigenvalue weighted by molar-refractivity contribution is -0.154. The molecule has 0 spiro atoms. The van der Waals surface area contributed by atoms with Crippen molar-refractivity contribution in [3.8, 4) is 5.75 Å². The Morgan fingerprint density at radius 3 is 2.32 bits per heavy atom. The predicted octanol–water partition coefficient (Wildman–Crippen LogP) is 5.09. The summed E-state index contributed by atoms with van der Waals surface area (Å²) in [7, 11) is 0. The van der Waals surface area contributed by atoms with Crippen molar-refractivity contribution in [1.82, 2.24) is 0 Å². The zero-order chi connectivity index (χ0) is 18.3. The number of carbonyl (C=O) groups excluding carboxylic acids is 1. The van der Waals surface area contributed by atoms with Crippen molar-refractivity contribution in [2.75, 3.05) is 6.61 Å². The minimum Gasteiger partial charge on any atom is -0.508 e. The second-order valence-electron chi connectivity index (χ2n) is 7.16. The Morgan fingerprint density at radius 2 is 1.72 bits per heavy atom. The molecular formula is C22H28O3. The normalized spacial score (nSPS) is 12.6. The van der Waals surface area contributed by atoms with Crippen molar-refractivity contribution >= 4 is 5.97 Å². The van der Waals surface area contributed by atoms with E-state index in [0.717, 1.165) is 18.4 Å². The first-order chi connectivity index (χ1) is 11.9. The number of benzene rings is 2. The third-order valence-electron chi connectivity index (χ3n) is 4.63. The first-order valence-corrected chi connectivity index (χ1v) is 8.92. The van der Waals surface area contributed by atoms with Crippen molar-refractivity contribution < 1.29 is 14.6 Å². The maximum atomic E-state index is 12.5. The summed E-state index contributed by atoms with van der Waals surface area (Å²) in [5, 5.41) is 9.29. The molecule has 0 aliphatic carbocycles. The van der Waals surface area contributed by atoms with Crippen LogP contribution in [0.5, 0.6) is 5.75 Å². The van der Waals surface area contributed by atoms with Crippen molar-refractivity contribution in [3.63, 3.8) is 0 Å². The first-order valence-electron chi connectivity index (χ1n) is 8.92. The van der Waals surface area contributed by atoms with Gasteiger partial charge in [-0.25, -0.2) is 0 Å². The van der Waals surface area contributed by atoms with E-state index in [0.29, 0.717) is 18.9 Å². The summed E-state index contributed by atoms with van der Waals surface area (Å²) in [6, 6.07) is 17.3. The molecule has 1 N–H and O–H groups in total. The van der Waals surface area contributed by atoms with E-state index in [1.165, 1.54) is 5.56 Å². The lowest BCUT2D eigenvalue weighted by Crippen LogP contribution is -2.29. The fraction of sp³-hybridized carbons (Fsp3) is 0.409. The summed E-state index contributed by atoms with van der Waals surface area (Å²) in [4.78, 5) is 12.5. The summed E-state index contributed by atoms with van der Waals surface area (Å²) in [5.41, 5.74) is 1.79. The lowest BCUT2D eigenvalue weighted by atomic mass is 9.79. The van der Waals surface area contributed by atoms with Gasteiger partial charge in [0.25, 0.3) is 0 Å². The Hall–Kier alpha value is -2.29. The standard InChI is InChI=1S/C22H28O3/c1-4-18(19-8-6-5-7-9-19)16-22(2,3)21(24)25-15-14-17-10-12-20(23)13-11-17/h5-13,18,23H,4,14-16H2,1-3H3. The van der Waals surface area contributed by atoms with Gasteiger partial charge in [0.15, 0.2) is 0 Å². The van der Waals surface area contributed by atoms with E-state index in [4.69, 9.17) is 4.74 Å². The fourth-order valence-electron chi connectivity index (χ4n) is 3.04. The van der Waals surface area contributed by atoms with Crippen molar-refractivity contribution in [2.24, 2.45) is 5.41 Å². The van der Waals surface area contributed by atoms with Gasteiger partial charge in [-0.1, -0.05) is 49.4 Å². The molecule has 25 heavy (non-hydrogen) atoms. The largest absolute Gasteiger partial charge is 0.508 e. The number of hydrogen-bond donors (Lipinski definition) is 1. The molecule has 0 aliphatic rings. The number of phenolic OH excluding ortho intramolecular Hbond substituents is 1. The van der Waals surface area contributed by atoms with Gasteiger partial charge in [0.1, 0.15) is 5.75 Å². The average molecular weight is 340 g/mol. The number of rotatable bonds is 8. The van der Waals surface area contributed by atoms with E-state index in [9.17, 15) is 9.90 Å². The first kappa shape index (κ1) is 19.0. The number of carbonyl (C=O) groups is 1. The molecule has 0 aromatic heterocycles. The predicted molar refractivity (Wildman–Crippen MR) is 101 cm³/mol. The van der Waals surface area contributed by atoms with Crippen LogP contribution in [0.2, 0.25) is 0 Å². The summed E-state index contributed by atoms with van der Waals surface area (Å²) < 4.78 is 5.52. The van der Waals surface area contributed by atoms with Crippen LogP contribution in [0.3, 0.4) is 0 Å². The van der Waals surface area contributed by atoms with Crippen LogP contribution in [-0.2, 0) is 16.0 Å². The zero-order valence-electron chi connectivity index (χ0n) is 15.4. The van der Waals surface area contributed by atoms with Crippen LogP contribution < -0.4 is 0 Å². The molecule has 0 aliphatic heterocycles. The maximum absolute atomic E-state index is 12.5. The van der Waals surface area contributed by atoms with Gasteiger partial charge in [0.05, 0.1) is 12.0 Å². The Labute approximate surface area is 150 Å². The molecule has 0 amide bonds. The molecule has 3 nitrogen and oxygen atoms in total. The monoisotopic (exact) mass is 340 g/mol. The third kappa shape index (κ3) is 5.63. The molecule has 2 aromatic rings. The molecule has 0 heterocycles. The molecule has 3 heteroatoms. The molecule has 1 unspecified atom stereocenters. The minimum absolute atomic E-state index is 0.152. The van der Waals surface area contributed by atoms with E-state index < -0.39 is 5.41 Å². The van der Waals surface area contributed by atoms with Gasteiger partial charge in [0.2, 0.25) is 0 Å². The van der Waals surface area contributed by atoms with E-state index >= 15 is 0 Å². The van der Waals surface area contributed by atoms with Gasteiger partial charge < -0.3 is 9.84 Å². The number of hydrogen-bond acceptors (Lipinski definition) is 3. The van der Waals surface area contributed by atoms with Crippen LogP contribution in [-0.4, -0.2) is 17.7 Å². The topological polar surface area (TPSA) is 46.5 Å². The summed E-state index contributed by atoms with van der Waals surface area (Å²) in [6.45, 7) is 6.43. The fourth-order valence-corrected chi connectivity index (χ4v) is 3.04. The van der Waals surface area contributed by atoms with Gasteiger partial charge in [-0.3, -0.25) is 4.79 Å². The van der Waals surface area contributed by atoms with Crippen LogP contribution in [0, 0.1) is 5.41 Å². The van der Waals surface area contributed by atoms with Gasteiger partial charge >= 0.3 is 5.97 Å². The Kier molecular flexibility index (Phi) is 6.63. The second kappa shape index (κ2) is 8.70. The molecule has 0 saturated carbocycles. The maximum Gasteiger partial charge on any atom is 0.311 e. The van der Waals surface area contributed by atoms with Crippen LogP contribution in [0.15, 0.2) is 54.6 Å². The lowest BCUT2D eigenvalue weighted by Gasteiger charge is -2.27.